The van der Waals surface area contributed by atoms with Crippen molar-refractivity contribution in [1.29, 1.82) is 0 Å². The number of oxime groups is 1. The smallest absolute Gasteiger partial charge is 0.359 e. The van der Waals surface area contributed by atoms with Gasteiger partial charge in [0.25, 0.3) is 17.5 Å². The van der Waals surface area contributed by atoms with Gasteiger partial charge in [-0.2, -0.15) is 17.8 Å². The maximum Gasteiger partial charge on any atom is 0.359 e. The van der Waals surface area contributed by atoms with Crippen LogP contribution >= 0.6 is 23.3 Å². The van der Waals surface area contributed by atoms with Crippen molar-refractivity contribution in [2.24, 2.45) is 5.16 Å². The molecule has 2 aliphatic rings. The highest BCUT2D eigenvalue weighted by molar-refractivity contribution is 8.00. The van der Waals surface area contributed by atoms with Crippen molar-refractivity contribution in [2.75, 3.05) is 24.3 Å². The Balaban J connectivity index is 1.53. The number of nitrogens with zero attached hydrogens (tertiary/aromatic N) is 5. The lowest BCUT2D eigenvalue weighted by atomic mass is 10.0. The topological polar surface area (TPSA) is 236 Å². The van der Waals surface area contributed by atoms with Crippen LogP contribution in [0.4, 0.5) is 10.8 Å². The number of anilines is 1. The molecule has 0 spiro atoms. The van der Waals surface area contributed by atoms with Crippen molar-refractivity contribution >= 4 is 67.7 Å². The molecule has 0 saturated carbocycles. The minimum absolute atomic E-state index is 0.0751. The Morgan fingerprint density at radius 1 is 1.32 bits per heavy atom. The maximum atomic E-state index is 13.2. The third kappa shape index (κ3) is 6.72. The first-order chi connectivity index (χ1) is 19.4. The SMILES string of the molecule is CCON=C(C(=O)NC1C(=O)N2C(C(=O)OCc3ccc([N+](=O)[O-])cc3)=C(OS(C)(=O)=O)CS[C@H]12)c1nsc(N)n1. The number of non-ortho nitro benzene ring substituents is 1. The van der Waals surface area contributed by atoms with Crippen molar-refractivity contribution in [3.05, 3.63) is 57.2 Å². The fourth-order valence-corrected chi connectivity index (χ4v) is 5.88. The number of benzene rings is 1. The minimum Gasteiger partial charge on any atom is -0.456 e. The second-order valence-electron chi connectivity index (χ2n) is 8.23. The van der Waals surface area contributed by atoms with Gasteiger partial charge >= 0.3 is 16.1 Å². The number of amides is 2. The Morgan fingerprint density at radius 2 is 2.02 bits per heavy atom. The van der Waals surface area contributed by atoms with Gasteiger partial charge in [-0.05, 0) is 24.6 Å². The fraction of sp³-hybridized carbons (Fsp3) is 0.333. The van der Waals surface area contributed by atoms with Crippen LogP contribution in [0.1, 0.15) is 18.3 Å². The first kappa shape index (κ1) is 29.7. The highest BCUT2D eigenvalue weighted by atomic mass is 32.2. The second-order valence-corrected chi connectivity index (χ2v) is 11.7. The molecule has 3 heterocycles. The summed E-state index contributed by atoms with van der Waals surface area (Å²) in [5.41, 5.74) is 5.05. The van der Waals surface area contributed by atoms with E-state index < -0.39 is 49.9 Å². The highest BCUT2D eigenvalue weighted by Crippen LogP contribution is 2.41. The van der Waals surface area contributed by atoms with Crippen molar-refractivity contribution in [3.63, 3.8) is 0 Å². The zero-order valence-corrected chi connectivity index (χ0v) is 23.7. The van der Waals surface area contributed by atoms with Crippen LogP contribution < -0.4 is 11.1 Å². The zero-order valence-electron chi connectivity index (χ0n) is 21.2. The van der Waals surface area contributed by atoms with E-state index in [4.69, 9.17) is 19.5 Å². The molecule has 3 N–H and O–H groups in total. The van der Waals surface area contributed by atoms with Crippen molar-refractivity contribution in [3.8, 4) is 0 Å². The Hall–Kier alpha value is -4.30. The van der Waals surface area contributed by atoms with E-state index in [0.717, 1.165) is 34.5 Å². The molecule has 1 unspecified atom stereocenters. The number of nitrogen functional groups attached to an aromatic ring is 1. The number of nitro groups is 1. The average molecular weight is 628 g/mol. The van der Waals surface area contributed by atoms with Gasteiger partial charge in [0.15, 0.2) is 16.6 Å². The molecule has 20 heteroatoms. The maximum absolute atomic E-state index is 13.2. The number of carbonyl (C=O) groups is 3. The van der Waals surface area contributed by atoms with Crippen molar-refractivity contribution in [1.82, 2.24) is 19.6 Å². The van der Waals surface area contributed by atoms with Gasteiger partial charge < -0.3 is 24.8 Å². The van der Waals surface area contributed by atoms with Gasteiger partial charge in [0.1, 0.15) is 24.6 Å². The number of rotatable bonds is 11. The lowest BCUT2D eigenvalue weighted by molar-refractivity contribution is -0.384. The van der Waals surface area contributed by atoms with E-state index in [1.54, 1.807) is 6.92 Å². The number of thioether (sulfide) groups is 1. The number of ether oxygens (including phenoxy) is 1. The van der Waals surface area contributed by atoms with E-state index in [0.29, 0.717) is 5.56 Å². The van der Waals surface area contributed by atoms with E-state index in [9.17, 15) is 32.9 Å². The number of β-lactam (4-membered cyclic amide) rings is 1. The van der Waals surface area contributed by atoms with Crippen molar-refractivity contribution < 1.29 is 41.5 Å². The Bertz CT molecular complexity index is 1560. The zero-order chi connectivity index (χ0) is 29.9. The molecule has 1 fully saturated rings. The molecular weight excluding hydrogens is 606 g/mol. The van der Waals surface area contributed by atoms with Gasteiger partial charge in [-0.15, -0.1) is 11.8 Å². The molecular formula is C21H21N7O10S3. The second kappa shape index (κ2) is 12.1. The summed E-state index contributed by atoms with van der Waals surface area (Å²) < 4.78 is 37.9. The van der Waals surface area contributed by atoms with Crippen LogP contribution in [0, 0.1) is 10.1 Å². The first-order valence-corrected chi connectivity index (χ1v) is 15.1. The Labute approximate surface area is 240 Å². The molecule has 218 valence electrons. The van der Waals surface area contributed by atoms with E-state index in [1.165, 1.54) is 24.3 Å². The molecule has 4 rings (SSSR count). The normalized spacial score (nSPS) is 18.7. The predicted molar refractivity (Wildman–Crippen MR) is 143 cm³/mol. The van der Waals surface area contributed by atoms with E-state index in [2.05, 4.69) is 19.8 Å². The number of carbonyl (C=O) groups excluding carboxylic acids is 3. The number of nitrogens with one attached hydrogen (secondary N) is 1. The van der Waals surface area contributed by atoms with Crippen LogP contribution in [-0.2, 0) is 44.9 Å². The molecule has 0 aliphatic carbocycles. The third-order valence-corrected chi connectivity index (χ3v) is 7.64. The Kier molecular flexibility index (Phi) is 8.73. The first-order valence-electron chi connectivity index (χ1n) is 11.5. The lowest BCUT2D eigenvalue weighted by Crippen LogP contribution is -2.71. The number of hydrogen-bond donors (Lipinski definition) is 2. The largest absolute Gasteiger partial charge is 0.456 e. The van der Waals surface area contributed by atoms with Crippen LogP contribution in [0.3, 0.4) is 0 Å². The minimum atomic E-state index is -4.09. The molecule has 2 aliphatic heterocycles. The Morgan fingerprint density at radius 3 is 2.61 bits per heavy atom. The van der Waals surface area contributed by atoms with Crippen LogP contribution in [0.25, 0.3) is 0 Å². The molecule has 0 bridgehead atoms. The van der Waals surface area contributed by atoms with Gasteiger partial charge in [0.05, 0.1) is 16.9 Å². The molecule has 17 nitrogen and oxygen atoms in total. The van der Waals surface area contributed by atoms with Gasteiger partial charge in [0, 0.05) is 23.7 Å². The van der Waals surface area contributed by atoms with Gasteiger partial charge in [-0.1, -0.05) is 5.16 Å². The summed E-state index contributed by atoms with van der Waals surface area (Å²) in [6, 6.07) is 4.05. The van der Waals surface area contributed by atoms with Gasteiger partial charge in [0.2, 0.25) is 11.5 Å². The number of aromatic nitrogens is 2. The van der Waals surface area contributed by atoms with Gasteiger partial charge in [-0.25, -0.2) is 4.79 Å². The van der Waals surface area contributed by atoms with E-state index >= 15 is 0 Å². The fourth-order valence-electron chi connectivity index (χ4n) is 3.61. The van der Waals surface area contributed by atoms with Gasteiger partial charge in [-0.3, -0.25) is 24.6 Å². The van der Waals surface area contributed by atoms with E-state index in [1.807, 2.05) is 0 Å². The lowest BCUT2D eigenvalue weighted by Gasteiger charge is -2.49. The molecule has 2 aromatic rings. The summed E-state index contributed by atoms with van der Waals surface area (Å²) in [7, 11) is -4.09. The highest BCUT2D eigenvalue weighted by Gasteiger charge is 2.55. The average Bonchev–Trinajstić information content (AvgIpc) is 3.35. The number of fused-ring (bicyclic) bond motifs is 1. The summed E-state index contributed by atoms with van der Waals surface area (Å²) in [5, 5.41) is 16.3. The third-order valence-electron chi connectivity index (χ3n) is 5.34. The molecule has 2 atom stereocenters. The number of nitro benzene ring substituents is 1. The molecule has 1 aromatic carbocycles. The van der Waals surface area contributed by atoms with E-state index in [-0.39, 0.29) is 47.1 Å². The summed E-state index contributed by atoms with van der Waals surface area (Å²) in [4.78, 5) is 59.4. The number of nitrogens with two attached hydrogens (primary N) is 1. The molecule has 1 saturated heterocycles. The van der Waals surface area contributed by atoms with Crippen molar-refractivity contribution in [2.45, 2.75) is 24.9 Å². The van der Waals surface area contributed by atoms with Crippen LogP contribution in [0.5, 0.6) is 0 Å². The molecule has 0 radical (unpaired) electrons. The summed E-state index contributed by atoms with van der Waals surface area (Å²) in [6.07, 6.45) is 0.774. The standard InChI is InChI=1S/C21H21N7O10S3/c1-3-37-25-13(16-24-21(22)40-26-16)17(29)23-14-18(30)27-15(12(9-39-19(14)27)38-41(2,34)35)20(31)36-8-10-4-6-11(7-5-10)28(32)33/h4-7,14,19H,3,8-9H2,1-2H3,(H,23,29)(H2,22,24,26)/t14?,19-/m1/s1. The summed E-state index contributed by atoms with van der Waals surface area (Å²) >= 11 is 1.86. The molecule has 2 amide bonds. The molecule has 1 aromatic heterocycles. The van der Waals surface area contributed by atoms with Crippen LogP contribution in [-0.4, -0.2) is 81.1 Å². The monoisotopic (exact) mass is 627 g/mol. The van der Waals surface area contributed by atoms with Crippen LogP contribution in [0.15, 0.2) is 40.9 Å². The summed E-state index contributed by atoms with van der Waals surface area (Å²) in [6.45, 7) is 1.43. The number of hydrogen-bond acceptors (Lipinski definition) is 16. The molecule has 41 heavy (non-hydrogen) atoms. The summed E-state index contributed by atoms with van der Waals surface area (Å²) in [5.74, 6) is -3.28. The van der Waals surface area contributed by atoms with Crippen LogP contribution in [0.2, 0.25) is 0 Å². The predicted octanol–water partition coefficient (Wildman–Crippen LogP) is 0.100. The number of esters is 1. The quantitative estimate of drug-likeness (QED) is 0.0839.